The van der Waals surface area contributed by atoms with Crippen molar-refractivity contribution in [2.24, 2.45) is 0 Å². The van der Waals surface area contributed by atoms with Gasteiger partial charge in [-0.2, -0.15) is 0 Å². The molecule has 0 spiro atoms. The summed E-state index contributed by atoms with van der Waals surface area (Å²) >= 11 is 9.98. The maximum atomic E-state index is 5.93. The van der Waals surface area contributed by atoms with Gasteiger partial charge in [-0.1, -0.05) is 40.6 Å². The second-order valence-electron chi connectivity index (χ2n) is 2.17. The lowest BCUT2D eigenvalue weighted by Gasteiger charge is -2.00. The van der Waals surface area contributed by atoms with Gasteiger partial charge in [0.25, 0.3) is 0 Å². The Hall–Kier alpha value is 0.210. The lowest BCUT2D eigenvalue weighted by molar-refractivity contribution is 1.16. The van der Waals surface area contributed by atoms with Crippen molar-refractivity contribution in [3.8, 4) is 0 Å². The topological polar surface area (TPSA) is 0 Å². The number of rotatable bonds is 3. The average molecular weight is 205 g/mol. The van der Waals surface area contributed by atoms with Gasteiger partial charge in [-0.15, -0.1) is 11.7 Å². The van der Waals surface area contributed by atoms with Gasteiger partial charge in [-0.05, 0) is 18.1 Å². The van der Waals surface area contributed by atoms with E-state index < -0.39 is 0 Å². The van der Waals surface area contributed by atoms with Crippen LogP contribution in [0.5, 0.6) is 0 Å². The number of halogens is 1. The number of hydrogen-bond acceptors (Lipinski definition) is 2. The van der Waals surface area contributed by atoms with Crippen LogP contribution in [0.1, 0.15) is 5.56 Å². The molecule has 0 amide bonds. The molecule has 60 valence electrons. The van der Waals surface area contributed by atoms with Crippen LogP contribution in [-0.2, 0) is 6.42 Å². The van der Waals surface area contributed by atoms with Crippen LogP contribution in [0.25, 0.3) is 0 Å². The molecule has 0 bridgehead atoms. The van der Waals surface area contributed by atoms with Crippen LogP contribution in [0.2, 0.25) is 5.02 Å². The molecule has 0 fully saturated rings. The molecule has 1 aromatic carbocycles. The Morgan fingerprint density at radius 1 is 1.36 bits per heavy atom. The summed E-state index contributed by atoms with van der Waals surface area (Å²) < 4.78 is 0. The van der Waals surface area contributed by atoms with Crippen molar-refractivity contribution < 1.29 is 0 Å². The monoisotopic (exact) mass is 204 g/mol. The lowest BCUT2D eigenvalue weighted by Crippen LogP contribution is -1.86. The summed E-state index contributed by atoms with van der Waals surface area (Å²) in [4.78, 5) is 0. The molecular formula is C8H9ClS2. The molecule has 0 N–H and O–H groups in total. The molecule has 3 heteroatoms. The Kier molecular flexibility index (Phi) is 4.20. The van der Waals surface area contributed by atoms with Crippen molar-refractivity contribution in [1.29, 1.82) is 0 Å². The zero-order chi connectivity index (χ0) is 8.10. The molecule has 0 saturated heterocycles. The maximum Gasteiger partial charge on any atom is 0.0438 e. The lowest BCUT2D eigenvalue weighted by atomic mass is 10.2. The Morgan fingerprint density at radius 2 is 2.09 bits per heavy atom. The molecule has 0 unspecified atom stereocenters. The van der Waals surface area contributed by atoms with Crippen LogP contribution in [0.4, 0.5) is 0 Å². The van der Waals surface area contributed by atoms with Crippen LogP contribution in [0, 0.1) is 0 Å². The van der Waals surface area contributed by atoms with Crippen molar-refractivity contribution >= 4 is 34.1 Å². The van der Waals surface area contributed by atoms with Crippen LogP contribution >= 0.6 is 34.1 Å². The van der Waals surface area contributed by atoms with Crippen molar-refractivity contribution in [3.63, 3.8) is 0 Å². The molecule has 0 saturated carbocycles. The number of hydrogen-bond donors (Lipinski definition) is 1. The molecule has 0 aliphatic heterocycles. The van der Waals surface area contributed by atoms with Gasteiger partial charge in [0.1, 0.15) is 0 Å². The largest absolute Gasteiger partial charge is 0.111 e. The van der Waals surface area contributed by atoms with E-state index in [1.807, 2.05) is 24.3 Å². The van der Waals surface area contributed by atoms with Crippen molar-refractivity contribution in [2.75, 3.05) is 5.75 Å². The van der Waals surface area contributed by atoms with Crippen molar-refractivity contribution in [3.05, 3.63) is 34.9 Å². The molecule has 0 nitrogen and oxygen atoms in total. The van der Waals surface area contributed by atoms with E-state index >= 15 is 0 Å². The van der Waals surface area contributed by atoms with E-state index in [0.29, 0.717) is 0 Å². The molecule has 1 rings (SSSR count). The Bertz CT molecular complexity index is 225. The molecule has 11 heavy (non-hydrogen) atoms. The summed E-state index contributed by atoms with van der Waals surface area (Å²) in [6.45, 7) is 0. The highest BCUT2D eigenvalue weighted by molar-refractivity contribution is 8.68. The fraction of sp³-hybridized carbons (Fsp3) is 0.250. The predicted octanol–water partition coefficient (Wildman–Crippen LogP) is 3.46. The second-order valence-corrected chi connectivity index (χ2v) is 4.02. The molecule has 0 aromatic heterocycles. The minimum Gasteiger partial charge on any atom is -0.111 e. The van der Waals surface area contributed by atoms with E-state index in [-0.39, 0.29) is 0 Å². The summed E-state index contributed by atoms with van der Waals surface area (Å²) in [5.41, 5.74) is 1.20. The second kappa shape index (κ2) is 4.96. The zero-order valence-corrected chi connectivity index (χ0v) is 8.42. The smallest absolute Gasteiger partial charge is 0.0438 e. The van der Waals surface area contributed by atoms with Gasteiger partial charge < -0.3 is 0 Å². The number of thiol groups is 1. The zero-order valence-electron chi connectivity index (χ0n) is 5.96. The fourth-order valence-corrected chi connectivity index (χ4v) is 1.67. The molecule has 0 aliphatic rings. The van der Waals surface area contributed by atoms with Gasteiger partial charge in [0.15, 0.2) is 0 Å². The first-order chi connectivity index (χ1) is 5.34. The van der Waals surface area contributed by atoms with Crippen LogP contribution in [0.3, 0.4) is 0 Å². The molecule has 0 aliphatic carbocycles. The number of aryl methyl sites for hydroxylation is 1. The van der Waals surface area contributed by atoms with Gasteiger partial charge in [0, 0.05) is 10.8 Å². The minimum atomic E-state index is 0.856. The van der Waals surface area contributed by atoms with E-state index in [4.69, 9.17) is 11.6 Å². The summed E-state index contributed by atoms with van der Waals surface area (Å²) in [5.74, 6) is 1.01. The molecule has 0 atom stereocenters. The van der Waals surface area contributed by atoms with Gasteiger partial charge in [0.2, 0.25) is 0 Å². The first-order valence-electron chi connectivity index (χ1n) is 3.34. The third-order valence-electron chi connectivity index (χ3n) is 1.42. The van der Waals surface area contributed by atoms with E-state index in [0.717, 1.165) is 17.2 Å². The minimum absolute atomic E-state index is 0.856. The molecular weight excluding hydrogens is 196 g/mol. The highest BCUT2D eigenvalue weighted by atomic mass is 35.5. The van der Waals surface area contributed by atoms with Gasteiger partial charge in [-0.3, -0.25) is 0 Å². The predicted molar refractivity (Wildman–Crippen MR) is 56.6 cm³/mol. The van der Waals surface area contributed by atoms with E-state index in [1.165, 1.54) is 5.56 Å². The summed E-state index contributed by atoms with van der Waals surface area (Å²) in [6.07, 6.45) is 0.994. The van der Waals surface area contributed by atoms with Gasteiger partial charge >= 0.3 is 0 Å². The highest BCUT2D eigenvalue weighted by Crippen LogP contribution is 2.17. The summed E-state index contributed by atoms with van der Waals surface area (Å²) in [5, 5.41) is 0.856. The standard InChI is InChI=1S/C8H9ClS2/c9-8-4-2-1-3-7(8)5-6-11-10/h1-4,10H,5-6H2. The first kappa shape index (κ1) is 9.30. The van der Waals surface area contributed by atoms with E-state index in [9.17, 15) is 0 Å². The number of benzene rings is 1. The third kappa shape index (κ3) is 2.97. The molecule has 0 heterocycles. The van der Waals surface area contributed by atoms with Gasteiger partial charge in [-0.25, -0.2) is 0 Å². The van der Waals surface area contributed by atoms with Gasteiger partial charge in [0.05, 0.1) is 0 Å². The maximum absolute atomic E-state index is 5.93. The van der Waals surface area contributed by atoms with Crippen LogP contribution < -0.4 is 0 Å². The van der Waals surface area contributed by atoms with Crippen LogP contribution in [-0.4, -0.2) is 5.75 Å². The quantitative estimate of drug-likeness (QED) is 0.581. The van der Waals surface area contributed by atoms with E-state index in [1.54, 1.807) is 10.8 Å². The SMILES string of the molecule is SSCCc1ccccc1Cl. The van der Waals surface area contributed by atoms with Crippen molar-refractivity contribution in [1.82, 2.24) is 0 Å². The Labute approximate surface area is 81.1 Å². The summed E-state index contributed by atoms with van der Waals surface area (Å²) in [7, 11) is 1.54. The van der Waals surface area contributed by atoms with E-state index in [2.05, 4.69) is 11.7 Å². The molecule has 1 aromatic rings. The normalized spacial score (nSPS) is 10.0. The highest BCUT2D eigenvalue weighted by Gasteiger charge is 1.96. The third-order valence-corrected chi connectivity index (χ3v) is 2.72. The average Bonchev–Trinajstić information content (AvgIpc) is 2.03. The van der Waals surface area contributed by atoms with Crippen molar-refractivity contribution in [2.45, 2.75) is 6.42 Å². The summed E-state index contributed by atoms with van der Waals surface area (Å²) in [6, 6.07) is 7.91. The Morgan fingerprint density at radius 3 is 2.73 bits per heavy atom. The molecule has 0 radical (unpaired) electrons. The van der Waals surface area contributed by atoms with Crippen LogP contribution in [0.15, 0.2) is 24.3 Å². The fourth-order valence-electron chi connectivity index (χ4n) is 0.857. The Balaban J connectivity index is 2.62. The first-order valence-corrected chi connectivity index (χ1v) is 5.76.